The maximum atomic E-state index is 10.8. The average Bonchev–Trinajstić information content (AvgIpc) is 3.34. The fourth-order valence-corrected chi connectivity index (χ4v) is 7.17. The molecule has 0 spiro atoms. The number of thiazole rings is 1. The highest BCUT2D eigenvalue weighted by Crippen LogP contribution is 2.50. The van der Waals surface area contributed by atoms with Crippen LogP contribution in [0, 0.1) is 17.8 Å². The number of rotatable bonds is 7. The standard InChI is InChI=1S/C26H35NO3S/c1-2-16-6-8-21(12-23(16)17-4-3-5-17)30-14-24-22-9-7-18(10-19(22)11-25(24)29)26-27-20(13-28)15-31-26/h6,8,12,15,17-19,22,24-25,28-29H,2-5,7,9-11,13-14H2,1H3/t18-,19-,22-,24+,25-/m0/s1. The average molecular weight is 442 g/mol. The summed E-state index contributed by atoms with van der Waals surface area (Å²) in [7, 11) is 0. The van der Waals surface area contributed by atoms with Crippen LogP contribution in [-0.2, 0) is 13.0 Å². The highest BCUT2D eigenvalue weighted by Gasteiger charge is 2.46. The molecule has 2 N–H and O–H groups in total. The monoisotopic (exact) mass is 441 g/mol. The first kappa shape index (κ1) is 21.4. The largest absolute Gasteiger partial charge is 0.493 e. The van der Waals surface area contributed by atoms with Gasteiger partial charge in [-0.3, -0.25) is 0 Å². The van der Waals surface area contributed by atoms with Crippen LogP contribution in [0.5, 0.6) is 5.75 Å². The van der Waals surface area contributed by atoms with E-state index in [9.17, 15) is 10.2 Å². The summed E-state index contributed by atoms with van der Waals surface area (Å²) >= 11 is 1.68. The molecule has 1 aromatic carbocycles. The zero-order valence-electron chi connectivity index (χ0n) is 18.5. The highest BCUT2D eigenvalue weighted by molar-refractivity contribution is 7.09. The van der Waals surface area contributed by atoms with Crippen LogP contribution >= 0.6 is 11.3 Å². The van der Waals surface area contributed by atoms with Crippen LogP contribution < -0.4 is 4.74 Å². The summed E-state index contributed by atoms with van der Waals surface area (Å²) in [6.45, 7) is 2.88. The van der Waals surface area contributed by atoms with Crippen molar-refractivity contribution < 1.29 is 14.9 Å². The van der Waals surface area contributed by atoms with Gasteiger partial charge in [-0.15, -0.1) is 11.3 Å². The Balaban J connectivity index is 1.22. The van der Waals surface area contributed by atoms with Crippen LogP contribution in [0.1, 0.15) is 85.5 Å². The third-order valence-corrected chi connectivity index (χ3v) is 9.25. The summed E-state index contributed by atoms with van der Waals surface area (Å²) in [4.78, 5) is 4.61. The first-order valence-electron chi connectivity index (χ1n) is 12.1. The highest BCUT2D eigenvalue weighted by atomic mass is 32.1. The van der Waals surface area contributed by atoms with Crippen molar-refractivity contribution in [3.05, 3.63) is 45.4 Å². The van der Waals surface area contributed by atoms with Gasteiger partial charge in [-0.2, -0.15) is 0 Å². The minimum atomic E-state index is -0.265. The minimum Gasteiger partial charge on any atom is -0.493 e. The zero-order valence-corrected chi connectivity index (χ0v) is 19.3. The lowest BCUT2D eigenvalue weighted by molar-refractivity contribution is 0.0740. The molecule has 168 valence electrons. The molecule has 5 heteroatoms. The number of hydrogen-bond donors (Lipinski definition) is 2. The number of aromatic nitrogens is 1. The molecule has 0 bridgehead atoms. The van der Waals surface area contributed by atoms with E-state index in [0.717, 1.165) is 48.6 Å². The second-order valence-electron chi connectivity index (χ2n) is 9.89. The second-order valence-corrected chi connectivity index (χ2v) is 10.8. The molecule has 0 aliphatic heterocycles. The molecule has 0 unspecified atom stereocenters. The van der Waals surface area contributed by atoms with Gasteiger partial charge >= 0.3 is 0 Å². The van der Waals surface area contributed by atoms with E-state index in [0.29, 0.717) is 30.3 Å². The molecule has 5 atom stereocenters. The summed E-state index contributed by atoms with van der Waals surface area (Å²) in [5.41, 5.74) is 3.74. The molecule has 5 rings (SSSR count). The van der Waals surface area contributed by atoms with Gasteiger partial charge in [0.05, 0.1) is 30.0 Å². The van der Waals surface area contributed by atoms with Crippen molar-refractivity contribution in [3.8, 4) is 5.75 Å². The molecule has 2 aromatic rings. The normalized spacial score (nSPS) is 30.7. The molecule has 0 amide bonds. The molecule has 3 aliphatic carbocycles. The van der Waals surface area contributed by atoms with E-state index in [1.807, 2.05) is 5.38 Å². The SMILES string of the molecule is CCc1ccc(OC[C@@H]2[C@H]3CC[C@H](c4nc(CO)cs4)C[C@H]3C[C@@H]2O)cc1C1CCC1. The van der Waals surface area contributed by atoms with Gasteiger partial charge < -0.3 is 14.9 Å². The maximum Gasteiger partial charge on any atom is 0.119 e. The number of aliphatic hydroxyl groups is 2. The lowest BCUT2D eigenvalue weighted by Crippen LogP contribution is -2.29. The van der Waals surface area contributed by atoms with Crippen molar-refractivity contribution in [3.63, 3.8) is 0 Å². The van der Waals surface area contributed by atoms with Gasteiger partial charge in [0.2, 0.25) is 0 Å². The van der Waals surface area contributed by atoms with Crippen LogP contribution in [0.25, 0.3) is 0 Å². The van der Waals surface area contributed by atoms with Crippen molar-refractivity contribution in [2.24, 2.45) is 17.8 Å². The van der Waals surface area contributed by atoms with E-state index in [1.54, 1.807) is 11.3 Å². The summed E-state index contributed by atoms with van der Waals surface area (Å²) in [6, 6.07) is 6.65. The summed E-state index contributed by atoms with van der Waals surface area (Å²) in [5, 5.41) is 23.3. The number of aryl methyl sites for hydroxylation is 1. The molecule has 31 heavy (non-hydrogen) atoms. The van der Waals surface area contributed by atoms with E-state index in [4.69, 9.17) is 4.74 Å². The van der Waals surface area contributed by atoms with Crippen molar-refractivity contribution in [2.45, 2.75) is 82.8 Å². The number of fused-ring (bicyclic) bond motifs is 1. The predicted octanol–water partition coefficient (Wildman–Crippen LogP) is 5.43. The Bertz CT molecular complexity index is 893. The lowest BCUT2D eigenvalue weighted by Gasteiger charge is -2.33. The third-order valence-electron chi connectivity index (χ3n) is 8.20. The van der Waals surface area contributed by atoms with E-state index in [2.05, 4.69) is 30.1 Å². The Hall–Kier alpha value is -1.43. The molecule has 3 fully saturated rings. The Morgan fingerprint density at radius 3 is 2.71 bits per heavy atom. The number of hydrogen-bond acceptors (Lipinski definition) is 5. The number of aliphatic hydroxyl groups excluding tert-OH is 2. The smallest absolute Gasteiger partial charge is 0.119 e. The minimum absolute atomic E-state index is 0.0229. The van der Waals surface area contributed by atoms with E-state index in [1.165, 1.54) is 30.4 Å². The van der Waals surface area contributed by atoms with Crippen molar-refractivity contribution in [1.82, 2.24) is 4.98 Å². The summed E-state index contributed by atoms with van der Waals surface area (Å²) < 4.78 is 6.30. The third kappa shape index (κ3) is 4.29. The number of nitrogens with zero attached hydrogens (tertiary/aromatic N) is 1. The second kappa shape index (κ2) is 9.21. The Morgan fingerprint density at radius 2 is 2.00 bits per heavy atom. The van der Waals surface area contributed by atoms with Crippen molar-refractivity contribution >= 4 is 11.3 Å². The maximum absolute atomic E-state index is 10.8. The lowest BCUT2D eigenvalue weighted by atomic mass is 9.73. The molecule has 0 radical (unpaired) electrons. The number of ether oxygens (including phenoxy) is 1. The summed E-state index contributed by atoms with van der Waals surface area (Å²) in [5.74, 6) is 3.50. The first-order valence-corrected chi connectivity index (χ1v) is 13.0. The predicted molar refractivity (Wildman–Crippen MR) is 124 cm³/mol. The van der Waals surface area contributed by atoms with Crippen LogP contribution in [0.15, 0.2) is 23.6 Å². The van der Waals surface area contributed by atoms with Gasteiger partial charge in [0.15, 0.2) is 0 Å². The zero-order chi connectivity index (χ0) is 21.4. The Labute approximate surface area is 189 Å². The van der Waals surface area contributed by atoms with Crippen LogP contribution in [0.4, 0.5) is 0 Å². The van der Waals surface area contributed by atoms with Gasteiger partial charge in [0.25, 0.3) is 0 Å². The molecule has 3 aliphatic rings. The fourth-order valence-electron chi connectivity index (χ4n) is 6.21. The van der Waals surface area contributed by atoms with Gasteiger partial charge in [-0.05, 0) is 86.0 Å². The molecular weight excluding hydrogens is 406 g/mol. The molecule has 4 nitrogen and oxygen atoms in total. The van der Waals surface area contributed by atoms with Crippen LogP contribution in [0.3, 0.4) is 0 Å². The van der Waals surface area contributed by atoms with Gasteiger partial charge in [-0.25, -0.2) is 4.98 Å². The molecule has 0 saturated heterocycles. The van der Waals surface area contributed by atoms with Crippen LogP contribution in [-0.4, -0.2) is 27.9 Å². The Morgan fingerprint density at radius 1 is 1.13 bits per heavy atom. The van der Waals surface area contributed by atoms with Gasteiger partial charge in [-0.1, -0.05) is 19.4 Å². The van der Waals surface area contributed by atoms with E-state index >= 15 is 0 Å². The summed E-state index contributed by atoms with van der Waals surface area (Å²) in [6.07, 6.45) is 9.03. The molecule has 1 aromatic heterocycles. The van der Waals surface area contributed by atoms with Crippen molar-refractivity contribution in [1.29, 1.82) is 0 Å². The van der Waals surface area contributed by atoms with Gasteiger partial charge in [0.1, 0.15) is 5.75 Å². The topological polar surface area (TPSA) is 62.6 Å². The van der Waals surface area contributed by atoms with E-state index in [-0.39, 0.29) is 18.6 Å². The quantitative estimate of drug-likeness (QED) is 0.602. The Kier molecular flexibility index (Phi) is 6.36. The molecular formula is C26H35NO3S. The van der Waals surface area contributed by atoms with Crippen LogP contribution in [0.2, 0.25) is 0 Å². The van der Waals surface area contributed by atoms with E-state index < -0.39 is 0 Å². The molecule has 3 saturated carbocycles. The fraction of sp³-hybridized carbons (Fsp3) is 0.654. The molecule has 1 heterocycles. The van der Waals surface area contributed by atoms with Crippen molar-refractivity contribution in [2.75, 3.05) is 6.61 Å². The first-order chi connectivity index (χ1) is 15.2. The van der Waals surface area contributed by atoms with Gasteiger partial charge in [0, 0.05) is 17.2 Å². The number of benzene rings is 1.